The maximum atomic E-state index is 12.5. The lowest BCUT2D eigenvalue weighted by molar-refractivity contribution is -0.122. The zero-order chi connectivity index (χ0) is 15.3. The fraction of sp³-hybridized carbons (Fsp3) is 0.467. The van der Waals surface area contributed by atoms with Gasteiger partial charge in [0.2, 0.25) is 5.91 Å². The van der Waals surface area contributed by atoms with Crippen molar-refractivity contribution in [2.75, 3.05) is 13.1 Å². The van der Waals surface area contributed by atoms with Gasteiger partial charge in [0.25, 0.3) is 5.91 Å². The number of nitrogens with one attached hydrogen (secondary N) is 1. The molecule has 5 heteroatoms. The number of carbonyl (C=O) groups excluding carboxylic acids is 2. The zero-order valence-electron chi connectivity index (χ0n) is 12.4. The molecule has 110 valence electrons. The number of rotatable bonds is 5. The van der Waals surface area contributed by atoms with Gasteiger partial charge in [0.05, 0.1) is 12.1 Å². The van der Waals surface area contributed by atoms with Gasteiger partial charge in [-0.05, 0) is 55.8 Å². The molecule has 2 amide bonds. The number of benzene rings is 1. The maximum absolute atomic E-state index is 12.5. The van der Waals surface area contributed by atoms with Crippen molar-refractivity contribution >= 4 is 27.7 Å². The molecule has 0 aliphatic heterocycles. The minimum Gasteiger partial charge on any atom is -0.352 e. The van der Waals surface area contributed by atoms with Crippen LogP contribution >= 0.6 is 15.9 Å². The Kier molecular flexibility index (Phi) is 6.20. The third-order valence-corrected chi connectivity index (χ3v) is 3.50. The Morgan fingerprint density at radius 3 is 2.55 bits per heavy atom. The first-order valence-electron chi connectivity index (χ1n) is 6.70. The predicted octanol–water partition coefficient (Wildman–Crippen LogP) is 2.74. The highest BCUT2D eigenvalue weighted by molar-refractivity contribution is 9.10. The van der Waals surface area contributed by atoms with Crippen LogP contribution in [0.5, 0.6) is 0 Å². The number of amides is 2. The van der Waals surface area contributed by atoms with Crippen molar-refractivity contribution in [2.24, 2.45) is 0 Å². The van der Waals surface area contributed by atoms with E-state index in [0.717, 1.165) is 10.0 Å². The van der Waals surface area contributed by atoms with E-state index >= 15 is 0 Å². The van der Waals surface area contributed by atoms with Gasteiger partial charge in [-0.25, -0.2) is 0 Å². The van der Waals surface area contributed by atoms with Crippen molar-refractivity contribution in [3.8, 4) is 0 Å². The van der Waals surface area contributed by atoms with Crippen LogP contribution in [0, 0.1) is 6.92 Å². The lowest BCUT2D eigenvalue weighted by atomic mass is 10.1. The van der Waals surface area contributed by atoms with E-state index in [-0.39, 0.29) is 24.4 Å². The van der Waals surface area contributed by atoms with Gasteiger partial charge >= 0.3 is 0 Å². The molecule has 0 bridgehead atoms. The molecule has 0 spiro atoms. The van der Waals surface area contributed by atoms with Gasteiger partial charge in [0.1, 0.15) is 0 Å². The van der Waals surface area contributed by atoms with Crippen molar-refractivity contribution in [3.05, 3.63) is 33.8 Å². The SMILES string of the molecule is CCN(CC(=O)NC(C)C)C(=O)c1cc(C)ccc1Br. The van der Waals surface area contributed by atoms with Gasteiger partial charge in [0, 0.05) is 17.1 Å². The molecule has 1 rings (SSSR count). The summed E-state index contributed by atoms with van der Waals surface area (Å²) in [5.41, 5.74) is 1.60. The van der Waals surface area contributed by atoms with Crippen LogP contribution in [-0.2, 0) is 4.79 Å². The van der Waals surface area contributed by atoms with Crippen LogP contribution in [0.2, 0.25) is 0 Å². The summed E-state index contributed by atoms with van der Waals surface area (Å²) in [5.74, 6) is -0.277. The fourth-order valence-electron chi connectivity index (χ4n) is 1.84. The standard InChI is InChI=1S/C15H21BrN2O2/c1-5-18(9-14(19)17-10(2)3)15(20)12-8-11(4)6-7-13(12)16/h6-8,10H,5,9H2,1-4H3,(H,17,19). The summed E-state index contributed by atoms with van der Waals surface area (Å²) in [6.07, 6.45) is 0. The molecule has 20 heavy (non-hydrogen) atoms. The quantitative estimate of drug-likeness (QED) is 0.895. The monoisotopic (exact) mass is 340 g/mol. The minimum atomic E-state index is -0.140. The van der Waals surface area contributed by atoms with Gasteiger partial charge in [-0.15, -0.1) is 0 Å². The van der Waals surface area contributed by atoms with Crippen LogP contribution in [0.15, 0.2) is 22.7 Å². The smallest absolute Gasteiger partial charge is 0.255 e. The Morgan fingerprint density at radius 1 is 1.35 bits per heavy atom. The molecule has 1 N–H and O–H groups in total. The summed E-state index contributed by atoms with van der Waals surface area (Å²) >= 11 is 3.39. The number of halogens is 1. The number of hydrogen-bond acceptors (Lipinski definition) is 2. The molecule has 0 aromatic heterocycles. The lowest BCUT2D eigenvalue weighted by Crippen LogP contribution is -2.42. The molecule has 0 atom stereocenters. The van der Waals surface area contributed by atoms with E-state index in [1.807, 2.05) is 45.9 Å². The Bertz CT molecular complexity index is 501. The average molecular weight is 341 g/mol. The number of likely N-dealkylation sites (N-methyl/N-ethyl adjacent to an activating group) is 1. The number of hydrogen-bond donors (Lipinski definition) is 1. The molecule has 0 heterocycles. The predicted molar refractivity (Wildman–Crippen MR) is 83.7 cm³/mol. The highest BCUT2D eigenvalue weighted by atomic mass is 79.9. The Balaban J connectivity index is 2.86. The maximum Gasteiger partial charge on any atom is 0.255 e. The van der Waals surface area contributed by atoms with Crippen molar-refractivity contribution < 1.29 is 9.59 Å². The second kappa shape index (κ2) is 7.43. The van der Waals surface area contributed by atoms with Gasteiger partial charge in [-0.2, -0.15) is 0 Å². The van der Waals surface area contributed by atoms with Crippen LogP contribution in [0.4, 0.5) is 0 Å². The molecule has 0 saturated heterocycles. The molecule has 0 aliphatic rings. The molecule has 0 fully saturated rings. The zero-order valence-corrected chi connectivity index (χ0v) is 14.0. The van der Waals surface area contributed by atoms with E-state index in [2.05, 4.69) is 21.2 Å². The fourth-order valence-corrected chi connectivity index (χ4v) is 2.26. The topological polar surface area (TPSA) is 49.4 Å². The van der Waals surface area contributed by atoms with Gasteiger partial charge < -0.3 is 10.2 Å². The lowest BCUT2D eigenvalue weighted by Gasteiger charge is -2.22. The van der Waals surface area contributed by atoms with Crippen molar-refractivity contribution in [2.45, 2.75) is 33.7 Å². The Hall–Kier alpha value is -1.36. The molecular weight excluding hydrogens is 320 g/mol. The average Bonchev–Trinajstić information content (AvgIpc) is 2.37. The number of nitrogens with zero attached hydrogens (tertiary/aromatic N) is 1. The van der Waals surface area contributed by atoms with E-state index in [4.69, 9.17) is 0 Å². The van der Waals surface area contributed by atoms with Crippen molar-refractivity contribution in [1.82, 2.24) is 10.2 Å². The number of carbonyl (C=O) groups is 2. The highest BCUT2D eigenvalue weighted by Gasteiger charge is 2.19. The van der Waals surface area contributed by atoms with Gasteiger partial charge in [0.15, 0.2) is 0 Å². The minimum absolute atomic E-state index is 0.0713. The molecular formula is C15H21BrN2O2. The summed E-state index contributed by atoms with van der Waals surface area (Å²) in [5, 5.41) is 2.80. The second-order valence-corrected chi connectivity index (χ2v) is 5.88. The van der Waals surface area contributed by atoms with Crippen LogP contribution in [-0.4, -0.2) is 35.8 Å². The first-order chi connectivity index (χ1) is 9.35. The summed E-state index contributed by atoms with van der Waals surface area (Å²) in [7, 11) is 0. The molecule has 0 unspecified atom stereocenters. The molecule has 4 nitrogen and oxygen atoms in total. The Morgan fingerprint density at radius 2 is 2.00 bits per heavy atom. The summed E-state index contributed by atoms with van der Waals surface area (Å²) in [4.78, 5) is 25.8. The normalized spacial score (nSPS) is 10.5. The highest BCUT2D eigenvalue weighted by Crippen LogP contribution is 2.19. The number of aryl methyl sites for hydroxylation is 1. The van der Waals surface area contributed by atoms with E-state index in [1.54, 1.807) is 0 Å². The van der Waals surface area contributed by atoms with Gasteiger partial charge in [-0.1, -0.05) is 11.6 Å². The first kappa shape index (κ1) is 16.7. The van der Waals surface area contributed by atoms with Crippen molar-refractivity contribution in [1.29, 1.82) is 0 Å². The summed E-state index contributed by atoms with van der Waals surface area (Å²) in [6, 6.07) is 5.69. The van der Waals surface area contributed by atoms with Crippen LogP contribution in [0.3, 0.4) is 0 Å². The molecule has 0 radical (unpaired) electrons. The third kappa shape index (κ3) is 4.63. The summed E-state index contributed by atoms with van der Waals surface area (Å²) in [6.45, 7) is 8.16. The van der Waals surface area contributed by atoms with E-state index in [9.17, 15) is 9.59 Å². The Labute approximate surface area is 128 Å². The first-order valence-corrected chi connectivity index (χ1v) is 7.49. The van der Waals surface area contributed by atoms with Crippen molar-refractivity contribution in [3.63, 3.8) is 0 Å². The van der Waals surface area contributed by atoms with Crippen LogP contribution in [0.1, 0.15) is 36.7 Å². The molecule has 0 saturated carbocycles. The molecule has 0 aliphatic carbocycles. The van der Waals surface area contributed by atoms with Crippen LogP contribution in [0.25, 0.3) is 0 Å². The van der Waals surface area contributed by atoms with E-state index in [1.165, 1.54) is 4.90 Å². The third-order valence-electron chi connectivity index (χ3n) is 2.81. The largest absolute Gasteiger partial charge is 0.352 e. The second-order valence-electron chi connectivity index (χ2n) is 5.02. The summed E-state index contributed by atoms with van der Waals surface area (Å²) < 4.78 is 0.746. The molecule has 1 aromatic carbocycles. The van der Waals surface area contributed by atoms with Crippen LogP contribution < -0.4 is 5.32 Å². The van der Waals surface area contributed by atoms with E-state index in [0.29, 0.717) is 12.1 Å². The molecule has 1 aromatic rings. The van der Waals surface area contributed by atoms with Gasteiger partial charge in [-0.3, -0.25) is 9.59 Å². The van der Waals surface area contributed by atoms with E-state index < -0.39 is 0 Å².